The summed E-state index contributed by atoms with van der Waals surface area (Å²) in [6.07, 6.45) is 1.57. The van der Waals surface area contributed by atoms with Crippen LogP contribution in [0.2, 0.25) is 0 Å². The van der Waals surface area contributed by atoms with E-state index in [0.29, 0.717) is 5.39 Å². The highest BCUT2D eigenvalue weighted by atomic mass is 32.1. The number of carbonyl (C=O) groups is 1. The first kappa shape index (κ1) is 16.2. The second kappa shape index (κ2) is 6.82. The molecule has 7 heteroatoms. The van der Waals surface area contributed by atoms with Crippen molar-refractivity contribution < 1.29 is 14.3 Å². The molecule has 0 unspecified atom stereocenters. The zero-order valence-electron chi connectivity index (χ0n) is 13.3. The summed E-state index contributed by atoms with van der Waals surface area (Å²) < 4.78 is 12.2. The molecule has 0 aromatic carbocycles. The molecule has 3 rings (SSSR count). The number of fused-ring (bicyclic) bond motifs is 1. The summed E-state index contributed by atoms with van der Waals surface area (Å²) in [6, 6.07) is 1.90. The van der Waals surface area contributed by atoms with E-state index < -0.39 is 5.97 Å². The first-order valence-corrected chi connectivity index (χ1v) is 8.51. The van der Waals surface area contributed by atoms with Gasteiger partial charge in [-0.2, -0.15) is 0 Å². The van der Waals surface area contributed by atoms with Crippen LogP contribution in [0.3, 0.4) is 0 Å². The van der Waals surface area contributed by atoms with Gasteiger partial charge < -0.3 is 14.0 Å². The maximum absolute atomic E-state index is 12.6. The number of pyridine rings is 1. The summed E-state index contributed by atoms with van der Waals surface area (Å²) in [5, 5.41) is 0.589. The SMILES string of the molecule is CCOC(=O)c1cn(C)c2sc(CN3CCOCC3)cc2c1=O. The molecule has 0 radical (unpaired) electrons. The van der Waals surface area contributed by atoms with Gasteiger partial charge in [0.15, 0.2) is 0 Å². The number of aromatic nitrogens is 1. The Morgan fingerprint density at radius 2 is 2.13 bits per heavy atom. The van der Waals surface area contributed by atoms with E-state index >= 15 is 0 Å². The van der Waals surface area contributed by atoms with Gasteiger partial charge in [0.1, 0.15) is 10.4 Å². The number of ether oxygens (including phenoxy) is 2. The minimum absolute atomic E-state index is 0.0950. The third-order valence-electron chi connectivity index (χ3n) is 3.87. The van der Waals surface area contributed by atoms with Crippen molar-refractivity contribution in [1.82, 2.24) is 9.47 Å². The summed E-state index contributed by atoms with van der Waals surface area (Å²) >= 11 is 1.59. The molecule has 0 atom stereocenters. The molecule has 0 aliphatic carbocycles. The Labute approximate surface area is 138 Å². The highest BCUT2D eigenvalue weighted by Crippen LogP contribution is 2.25. The Hall–Kier alpha value is -1.70. The van der Waals surface area contributed by atoms with Crippen LogP contribution >= 0.6 is 11.3 Å². The number of aryl methyl sites for hydroxylation is 1. The minimum atomic E-state index is -0.559. The fourth-order valence-corrected chi connectivity index (χ4v) is 3.85. The molecule has 3 heterocycles. The van der Waals surface area contributed by atoms with Crippen molar-refractivity contribution in [1.29, 1.82) is 0 Å². The molecule has 2 aromatic rings. The van der Waals surface area contributed by atoms with Crippen LogP contribution in [0, 0.1) is 0 Å². The zero-order valence-corrected chi connectivity index (χ0v) is 14.1. The van der Waals surface area contributed by atoms with Crippen LogP contribution in [0.5, 0.6) is 0 Å². The first-order chi connectivity index (χ1) is 11.1. The summed E-state index contributed by atoms with van der Waals surface area (Å²) in [4.78, 5) is 28.8. The summed E-state index contributed by atoms with van der Waals surface area (Å²) in [5.41, 5.74) is -0.154. The molecule has 2 aromatic heterocycles. The Bertz CT molecular complexity index is 774. The standard InChI is InChI=1S/C16H20N2O4S/c1-3-22-16(20)13-10-17(2)15-12(14(13)19)8-11(23-15)9-18-4-6-21-7-5-18/h8,10H,3-7,9H2,1-2H3. The molecule has 1 fully saturated rings. The normalized spacial score (nSPS) is 15.9. The molecule has 6 nitrogen and oxygen atoms in total. The fraction of sp³-hybridized carbons (Fsp3) is 0.500. The molecular formula is C16H20N2O4S. The van der Waals surface area contributed by atoms with E-state index in [-0.39, 0.29) is 17.6 Å². The van der Waals surface area contributed by atoms with Crippen molar-refractivity contribution >= 4 is 27.5 Å². The van der Waals surface area contributed by atoms with Crippen molar-refractivity contribution in [3.8, 4) is 0 Å². The predicted molar refractivity (Wildman–Crippen MR) is 89.1 cm³/mol. The maximum atomic E-state index is 12.6. The average Bonchev–Trinajstić information content (AvgIpc) is 2.97. The maximum Gasteiger partial charge on any atom is 0.343 e. The molecule has 0 spiro atoms. The van der Waals surface area contributed by atoms with E-state index in [9.17, 15) is 9.59 Å². The number of hydrogen-bond donors (Lipinski definition) is 0. The summed E-state index contributed by atoms with van der Waals surface area (Å²) in [6.45, 7) is 6.09. The number of morpholine rings is 1. The van der Waals surface area contributed by atoms with Gasteiger partial charge in [-0.15, -0.1) is 11.3 Å². The van der Waals surface area contributed by atoms with Gasteiger partial charge in [0.25, 0.3) is 0 Å². The van der Waals surface area contributed by atoms with E-state index in [1.165, 1.54) is 0 Å². The van der Waals surface area contributed by atoms with Crippen molar-refractivity contribution in [3.05, 3.63) is 32.9 Å². The summed E-state index contributed by atoms with van der Waals surface area (Å²) in [7, 11) is 1.85. The predicted octanol–water partition coefficient (Wildman–Crippen LogP) is 1.61. The van der Waals surface area contributed by atoms with Crippen LogP contribution in [0.4, 0.5) is 0 Å². The number of hydrogen-bond acceptors (Lipinski definition) is 6. The van der Waals surface area contributed by atoms with Crippen LogP contribution in [0.25, 0.3) is 10.2 Å². The number of nitrogens with zero attached hydrogens (tertiary/aromatic N) is 2. The number of carbonyl (C=O) groups excluding carboxylic acids is 1. The van der Waals surface area contributed by atoms with Gasteiger partial charge in [0.2, 0.25) is 5.43 Å². The van der Waals surface area contributed by atoms with E-state index in [2.05, 4.69) is 4.90 Å². The van der Waals surface area contributed by atoms with Gasteiger partial charge in [-0.1, -0.05) is 0 Å². The van der Waals surface area contributed by atoms with Crippen LogP contribution in [-0.4, -0.2) is 48.3 Å². The largest absolute Gasteiger partial charge is 0.462 e. The van der Waals surface area contributed by atoms with Crippen LogP contribution in [0.15, 0.2) is 17.1 Å². The third-order valence-corrected chi connectivity index (χ3v) is 5.08. The summed E-state index contributed by atoms with van der Waals surface area (Å²) in [5.74, 6) is -0.559. The van der Waals surface area contributed by atoms with E-state index in [1.54, 1.807) is 24.5 Å². The lowest BCUT2D eigenvalue weighted by molar-refractivity contribution is 0.0346. The molecule has 0 saturated carbocycles. The Morgan fingerprint density at radius 1 is 1.39 bits per heavy atom. The first-order valence-electron chi connectivity index (χ1n) is 7.69. The zero-order chi connectivity index (χ0) is 16.4. The molecule has 0 amide bonds. The third kappa shape index (κ3) is 3.31. The lowest BCUT2D eigenvalue weighted by Crippen LogP contribution is -2.35. The molecular weight excluding hydrogens is 316 g/mol. The van der Waals surface area contributed by atoms with Crippen LogP contribution < -0.4 is 5.43 Å². The topological polar surface area (TPSA) is 60.8 Å². The van der Waals surface area contributed by atoms with Crippen molar-refractivity contribution in [2.24, 2.45) is 7.05 Å². The van der Waals surface area contributed by atoms with Crippen molar-refractivity contribution in [3.63, 3.8) is 0 Å². The quantitative estimate of drug-likeness (QED) is 0.794. The minimum Gasteiger partial charge on any atom is -0.462 e. The molecule has 124 valence electrons. The highest BCUT2D eigenvalue weighted by molar-refractivity contribution is 7.18. The van der Waals surface area contributed by atoms with Gasteiger partial charge in [-0.05, 0) is 13.0 Å². The number of rotatable bonds is 4. The van der Waals surface area contributed by atoms with Crippen LogP contribution in [-0.2, 0) is 23.1 Å². The second-order valence-corrected chi connectivity index (χ2v) is 6.64. The Kier molecular flexibility index (Phi) is 4.79. The molecule has 1 aliphatic rings. The van der Waals surface area contributed by atoms with Gasteiger partial charge in [0.05, 0.1) is 25.2 Å². The highest BCUT2D eigenvalue weighted by Gasteiger charge is 2.19. The fourth-order valence-electron chi connectivity index (χ4n) is 2.72. The van der Waals surface area contributed by atoms with Gasteiger partial charge in [-0.25, -0.2) is 4.79 Å². The van der Waals surface area contributed by atoms with Crippen LogP contribution in [0.1, 0.15) is 22.2 Å². The van der Waals surface area contributed by atoms with Gasteiger partial charge >= 0.3 is 5.97 Å². The number of esters is 1. The average molecular weight is 336 g/mol. The molecule has 1 aliphatic heterocycles. The smallest absolute Gasteiger partial charge is 0.343 e. The van der Waals surface area contributed by atoms with E-state index in [0.717, 1.165) is 42.6 Å². The monoisotopic (exact) mass is 336 g/mol. The number of thiophene rings is 1. The van der Waals surface area contributed by atoms with Gasteiger partial charge in [-0.3, -0.25) is 9.69 Å². The van der Waals surface area contributed by atoms with E-state index in [4.69, 9.17) is 9.47 Å². The van der Waals surface area contributed by atoms with Gasteiger partial charge in [0, 0.05) is 37.8 Å². The molecule has 0 bridgehead atoms. The Morgan fingerprint density at radius 3 is 2.83 bits per heavy atom. The van der Waals surface area contributed by atoms with Crippen molar-refractivity contribution in [2.75, 3.05) is 32.9 Å². The lowest BCUT2D eigenvalue weighted by Gasteiger charge is -2.25. The molecule has 1 saturated heterocycles. The lowest BCUT2D eigenvalue weighted by atomic mass is 10.2. The second-order valence-electron chi connectivity index (χ2n) is 5.52. The van der Waals surface area contributed by atoms with Crippen molar-refractivity contribution in [2.45, 2.75) is 13.5 Å². The Balaban J connectivity index is 1.95. The van der Waals surface area contributed by atoms with E-state index in [1.807, 2.05) is 17.7 Å². The molecule has 0 N–H and O–H groups in total. The molecule has 23 heavy (non-hydrogen) atoms.